The van der Waals surface area contributed by atoms with Crippen LogP contribution in [0.1, 0.15) is 71.1 Å². The first kappa shape index (κ1) is 15.8. The van der Waals surface area contributed by atoms with Crippen LogP contribution in [-0.2, 0) is 4.79 Å². The molecular formula is C15H28ClNO. The molecule has 0 N–H and O–H groups in total. The topological polar surface area (TPSA) is 20.3 Å². The molecule has 3 heteroatoms. The van der Waals surface area contributed by atoms with Gasteiger partial charge in [-0.25, -0.2) is 0 Å². The van der Waals surface area contributed by atoms with Crippen molar-refractivity contribution >= 4 is 17.5 Å². The molecule has 1 atom stereocenters. The van der Waals surface area contributed by atoms with Gasteiger partial charge in [0.1, 0.15) is 0 Å². The summed E-state index contributed by atoms with van der Waals surface area (Å²) in [6.07, 6.45) is 11.4. The summed E-state index contributed by atoms with van der Waals surface area (Å²) < 4.78 is 0. The Labute approximate surface area is 117 Å². The van der Waals surface area contributed by atoms with Gasteiger partial charge in [0.25, 0.3) is 0 Å². The zero-order valence-electron chi connectivity index (χ0n) is 11.8. The number of hydrogen-bond donors (Lipinski definition) is 0. The van der Waals surface area contributed by atoms with E-state index in [1.165, 1.54) is 38.5 Å². The Morgan fingerprint density at radius 3 is 2.72 bits per heavy atom. The molecule has 0 bridgehead atoms. The van der Waals surface area contributed by atoms with Gasteiger partial charge >= 0.3 is 0 Å². The van der Waals surface area contributed by atoms with Crippen LogP contribution >= 0.6 is 11.6 Å². The summed E-state index contributed by atoms with van der Waals surface area (Å²) in [5.74, 6) is 1.03. The molecule has 1 unspecified atom stereocenters. The zero-order valence-corrected chi connectivity index (χ0v) is 12.6. The molecule has 106 valence electrons. The van der Waals surface area contributed by atoms with Crippen molar-refractivity contribution in [1.29, 1.82) is 0 Å². The predicted octanol–water partition coefficient (Wildman–Crippen LogP) is 4.36. The lowest BCUT2D eigenvalue weighted by molar-refractivity contribution is -0.135. The molecule has 0 aromatic rings. The first-order valence-electron chi connectivity index (χ1n) is 7.65. The van der Waals surface area contributed by atoms with E-state index in [0.717, 1.165) is 32.2 Å². The summed E-state index contributed by atoms with van der Waals surface area (Å²) in [7, 11) is 0. The molecular weight excluding hydrogens is 246 g/mol. The van der Waals surface area contributed by atoms with Crippen LogP contribution in [0.25, 0.3) is 0 Å². The molecule has 1 aliphatic rings. The quantitative estimate of drug-likeness (QED) is 0.475. The minimum absolute atomic E-state index is 0.362. The maximum Gasteiger partial charge on any atom is 0.222 e. The Kier molecular flexibility index (Phi) is 8.49. The van der Waals surface area contributed by atoms with Gasteiger partial charge in [0.05, 0.1) is 0 Å². The molecule has 0 aromatic heterocycles. The van der Waals surface area contributed by atoms with Crippen molar-refractivity contribution in [2.75, 3.05) is 12.4 Å². The van der Waals surface area contributed by atoms with Crippen LogP contribution in [0.4, 0.5) is 0 Å². The van der Waals surface area contributed by atoms with Crippen molar-refractivity contribution in [1.82, 2.24) is 4.90 Å². The molecule has 0 radical (unpaired) electrons. The summed E-state index contributed by atoms with van der Waals surface area (Å²) in [5, 5.41) is 0. The maximum absolute atomic E-state index is 12.2. The van der Waals surface area contributed by atoms with E-state index in [4.69, 9.17) is 11.6 Å². The van der Waals surface area contributed by atoms with E-state index in [-0.39, 0.29) is 0 Å². The molecule has 2 nitrogen and oxygen atoms in total. The predicted molar refractivity (Wildman–Crippen MR) is 78.1 cm³/mol. The van der Waals surface area contributed by atoms with Gasteiger partial charge in [-0.1, -0.05) is 32.6 Å². The van der Waals surface area contributed by atoms with Gasteiger partial charge < -0.3 is 4.90 Å². The molecule has 0 aromatic carbocycles. The van der Waals surface area contributed by atoms with E-state index in [1.54, 1.807) is 0 Å². The number of alkyl halides is 1. The van der Waals surface area contributed by atoms with Crippen molar-refractivity contribution in [3.63, 3.8) is 0 Å². The van der Waals surface area contributed by atoms with Crippen LogP contribution in [0, 0.1) is 0 Å². The third-order valence-corrected chi connectivity index (χ3v) is 4.10. The maximum atomic E-state index is 12.2. The number of carbonyl (C=O) groups is 1. The first-order chi connectivity index (χ1) is 8.79. The molecule has 1 aliphatic heterocycles. The molecule has 1 amide bonds. The summed E-state index contributed by atoms with van der Waals surface area (Å²) in [4.78, 5) is 14.3. The number of nitrogens with zero attached hydrogens (tertiary/aromatic N) is 1. The molecule has 18 heavy (non-hydrogen) atoms. The molecule has 1 rings (SSSR count). The number of likely N-dealkylation sites (tertiary alicyclic amines) is 1. The Bertz CT molecular complexity index is 231. The number of piperidine rings is 1. The van der Waals surface area contributed by atoms with Gasteiger partial charge in [0, 0.05) is 24.9 Å². The number of halogens is 1. The largest absolute Gasteiger partial charge is 0.340 e. The van der Waals surface area contributed by atoms with Gasteiger partial charge in [-0.3, -0.25) is 4.79 Å². The van der Waals surface area contributed by atoms with Crippen LogP contribution in [0.15, 0.2) is 0 Å². The van der Waals surface area contributed by atoms with Gasteiger partial charge in [-0.15, -0.1) is 11.6 Å². The SMILES string of the molecule is CCCCCCCC(=O)N1CCCCC1CCCl. The monoisotopic (exact) mass is 273 g/mol. The minimum Gasteiger partial charge on any atom is -0.340 e. The van der Waals surface area contributed by atoms with Crippen molar-refractivity contribution in [3.05, 3.63) is 0 Å². The third-order valence-electron chi connectivity index (χ3n) is 3.88. The van der Waals surface area contributed by atoms with E-state index < -0.39 is 0 Å². The highest BCUT2D eigenvalue weighted by Crippen LogP contribution is 2.21. The average molecular weight is 274 g/mol. The summed E-state index contributed by atoms with van der Waals surface area (Å²) in [6.45, 7) is 3.17. The van der Waals surface area contributed by atoms with Crippen LogP contribution < -0.4 is 0 Å². The van der Waals surface area contributed by atoms with Crippen LogP contribution in [-0.4, -0.2) is 29.3 Å². The lowest BCUT2D eigenvalue weighted by atomic mass is 9.99. The second-order valence-electron chi connectivity index (χ2n) is 5.38. The highest BCUT2D eigenvalue weighted by molar-refractivity contribution is 6.17. The molecule has 0 saturated carbocycles. The van der Waals surface area contributed by atoms with Crippen molar-refractivity contribution in [2.24, 2.45) is 0 Å². The Morgan fingerprint density at radius 2 is 2.00 bits per heavy atom. The smallest absolute Gasteiger partial charge is 0.222 e. The Hall–Kier alpha value is -0.240. The van der Waals surface area contributed by atoms with E-state index >= 15 is 0 Å². The second kappa shape index (κ2) is 9.66. The highest BCUT2D eigenvalue weighted by Gasteiger charge is 2.25. The van der Waals surface area contributed by atoms with Crippen molar-refractivity contribution < 1.29 is 4.79 Å². The Balaban J connectivity index is 2.25. The number of unbranched alkanes of at least 4 members (excludes halogenated alkanes) is 4. The molecule has 0 spiro atoms. The molecule has 1 saturated heterocycles. The van der Waals surface area contributed by atoms with Crippen molar-refractivity contribution in [3.8, 4) is 0 Å². The van der Waals surface area contributed by atoms with Gasteiger partial charge in [0.2, 0.25) is 5.91 Å². The molecule has 1 fully saturated rings. The van der Waals surface area contributed by atoms with Crippen LogP contribution in [0.2, 0.25) is 0 Å². The Morgan fingerprint density at radius 1 is 1.22 bits per heavy atom. The van der Waals surface area contributed by atoms with Gasteiger partial charge in [0.15, 0.2) is 0 Å². The van der Waals surface area contributed by atoms with E-state index in [9.17, 15) is 4.79 Å². The fourth-order valence-electron chi connectivity index (χ4n) is 2.78. The standard InChI is InChI=1S/C15H28ClNO/c1-2-3-4-5-6-10-15(18)17-13-8-7-9-14(17)11-12-16/h14H,2-13H2,1H3. The van der Waals surface area contributed by atoms with E-state index in [1.807, 2.05) is 0 Å². The highest BCUT2D eigenvalue weighted by atomic mass is 35.5. The first-order valence-corrected chi connectivity index (χ1v) is 8.18. The number of amides is 1. The van der Waals surface area contributed by atoms with Gasteiger partial charge in [-0.2, -0.15) is 0 Å². The lowest BCUT2D eigenvalue weighted by Gasteiger charge is -2.35. The second-order valence-corrected chi connectivity index (χ2v) is 5.76. The zero-order chi connectivity index (χ0) is 13.2. The van der Waals surface area contributed by atoms with Gasteiger partial charge in [-0.05, 0) is 32.1 Å². The number of rotatable bonds is 8. The fourth-order valence-corrected chi connectivity index (χ4v) is 3.03. The number of carbonyl (C=O) groups excluding carboxylic acids is 1. The minimum atomic E-state index is 0.362. The third kappa shape index (κ3) is 5.60. The van der Waals surface area contributed by atoms with Crippen molar-refractivity contribution in [2.45, 2.75) is 77.2 Å². The summed E-state index contributed by atoms with van der Waals surface area (Å²) in [6, 6.07) is 0.416. The summed E-state index contributed by atoms with van der Waals surface area (Å²) in [5.41, 5.74) is 0. The lowest BCUT2D eigenvalue weighted by Crippen LogP contribution is -2.43. The molecule has 1 heterocycles. The van der Waals surface area contributed by atoms with E-state index in [0.29, 0.717) is 17.8 Å². The summed E-state index contributed by atoms with van der Waals surface area (Å²) >= 11 is 5.83. The fraction of sp³-hybridized carbons (Fsp3) is 0.933. The molecule has 0 aliphatic carbocycles. The normalized spacial score (nSPS) is 20.1. The van der Waals surface area contributed by atoms with Crippen LogP contribution in [0.5, 0.6) is 0 Å². The van der Waals surface area contributed by atoms with Crippen LogP contribution in [0.3, 0.4) is 0 Å². The van der Waals surface area contributed by atoms with E-state index in [2.05, 4.69) is 11.8 Å². The number of hydrogen-bond acceptors (Lipinski definition) is 1. The average Bonchev–Trinajstić information content (AvgIpc) is 2.39.